The monoisotopic (exact) mass is 464 g/mol. The first-order chi connectivity index (χ1) is 16.0. The molecule has 172 valence electrons. The standard InChI is InChI=1S/C24H28N6O2S/c1-13-10-30(11-14(2)32-13)24(31)15-3-5-18-20(8-15)33-23-21(18)22(25-12-26-23)28-17-4-6-19-16(7-17)9-27-29-19/h4,6-7,9,12-15,24,31H,3,5,8,10-11H2,1-2H3,(H,27,29)(H,25,26,28)/t13-,14+,15-,24?/m0/s1. The number of nitrogens with zero attached hydrogens (tertiary/aromatic N) is 4. The van der Waals surface area contributed by atoms with Crippen molar-refractivity contribution in [1.82, 2.24) is 25.1 Å². The number of hydrogen-bond acceptors (Lipinski definition) is 8. The molecule has 4 atom stereocenters. The number of rotatable bonds is 4. The minimum atomic E-state index is -0.442. The summed E-state index contributed by atoms with van der Waals surface area (Å²) in [7, 11) is 0. The molecule has 0 spiro atoms. The molecule has 6 rings (SSSR count). The third kappa shape index (κ3) is 3.89. The number of benzene rings is 1. The Hall–Kier alpha value is -2.59. The van der Waals surface area contributed by atoms with Crippen molar-refractivity contribution in [2.45, 2.75) is 51.5 Å². The Bertz CT molecular complexity index is 1290. The van der Waals surface area contributed by atoms with Crippen LogP contribution in [0.4, 0.5) is 11.5 Å². The molecule has 0 radical (unpaired) electrons. The van der Waals surface area contributed by atoms with Crippen molar-refractivity contribution >= 4 is 44.0 Å². The Labute approximate surface area is 196 Å². The van der Waals surface area contributed by atoms with Crippen LogP contribution in [0.3, 0.4) is 0 Å². The fraction of sp³-hybridized carbons (Fsp3) is 0.458. The molecule has 0 amide bonds. The first-order valence-electron chi connectivity index (χ1n) is 11.6. The lowest BCUT2D eigenvalue weighted by molar-refractivity contribution is -0.136. The number of thiophene rings is 1. The highest BCUT2D eigenvalue weighted by atomic mass is 32.1. The molecule has 1 saturated heterocycles. The number of anilines is 2. The summed E-state index contributed by atoms with van der Waals surface area (Å²) in [4.78, 5) is 13.7. The Morgan fingerprint density at radius 3 is 2.94 bits per heavy atom. The molecular formula is C24H28N6O2S. The van der Waals surface area contributed by atoms with Gasteiger partial charge in [-0.3, -0.25) is 10.00 Å². The summed E-state index contributed by atoms with van der Waals surface area (Å²) in [6, 6.07) is 6.12. The molecule has 0 saturated carbocycles. The molecule has 3 aromatic heterocycles. The van der Waals surface area contributed by atoms with Crippen LogP contribution in [0.25, 0.3) is 21.1 Å². The van der Waals surface area contributed by atoms with Crippen LogP contribution in [0.15, 0.2) is 30.7 Å². The number of fused-ring (bicyclic) bond motifs is 4. The van der Waals surface area contributed by atoms with Crippen LogP contribution < -0.4 is 5.32 Å². The predicted octanol–water partition coefficient (Wildman–Crippen LogP) is 3.84. The minimum Gasteiger partial charge on any atom is -0.378 e. The van der Waals surface area contributed by atoms with Crippen molar-refractivity contribution in [3.63, 3.8) is 0 Å². The minimum absolute atomic E-state index is 0.150. The van der Waals surface area contributed by atoms with Crippen LogP contribution in [0.1, 0.15) is 30.7 Å². The fourth-order valence-corrected chi connectivity index (χ4v) is 6.65. The third-order valence-corrected chi connectivity index (χ3v) is 7.99. The van der Waals surface area contributed by atoms with Crippen LogP contribution >= 0.6 is 11.3 Å². The van der Waals surface area contributed by atoms with Gasteiger partial charge in [0.1, 0.15) is 23.2 Å². The lowest BCUT2D eigenvalue weighted by Gasteiger charge is -2.41. The van der Waals surface area contributed by atoms with E-state index in [-0.39, 0.29) is 18.1 Å². The number of aryl methyl sites for hydroxylation is 1. The summed E-state index contributed by atoms with van der Waals surface area (Å²) < 4.78 is 5.85. The number of hydrogen-bond donors (Lipinski definition) is 3. The van der Waals surface area contributed by atoms with E-state index in [1.807, 2.05) is 18.3 Å². The van der Waals surface area contributed by atoms with E-state index in [4.69, 9.17) is 4.74 Å². The smallest absolute Gasteiger partial charge is 0.142 e. The average Bonchev–Trinajstić information content (AvgIpc) is 3.41. The first-order valence-corrected chi connectivity index (χ1v) is 12.4. The second-order valence-corrected chi connectivity index (χ2v) is 10.4. The van der Waals surface area contributed by atoms with Crippen LogP contribution in [0.2, 0.25) is 0 Å². The maximum Gasteiger partial charge on any atom is 0.142 e. The Kier molecular flexibility index (Phi) is 5.29. The molecule has 4 heterocycles. The highest BCUT2D eigenvalue weighted by Gasteiger charge is 2.35. The van der Waals surface area contributed by atoms with E-state index < -0.39 is 6.23 Å². The van der Waals surface area contributed by atoms with Crippen molar-refractivity contribution < 1.29 is 9.84 Å². The lowest BCUT2D eigenvalue weighted by Crippen LogP contribution is -2.53. The van der Waals surface area contributed by atoms with Crippen molar-refractivity contribution in [1.29, 1.82) is 0 Å². The van der Waals surface area contributed by atoms with Gasteiger partial charge in [-0.25, -0.2) is 9.97 Å². The molecule has 0 bridgehead atoms. The largest absolute Gasteiger partial charge is 0.378 e. The van der Waals surface area contributed by atoms with E-state index in [0.29, 0.717) is 0 Å². The second-order valence-electron chi connectivity index (χ2n) is 9.33. The van der Waals surface area contributed by atoms with Crippen LogP contribution in [-0.2, 0) is 17.6 Å². The normalized spacial score (nSPS) is 24.8. The molecule has 3 N–H and O–H groups in total. The van der Waals surface area contributed by atoms with Gasteiger partial charge in [0.25, 0.3) is 0 Å². The maximum absolute atomic E-state index is 11.2. The molecule has 1 aliphatic heterocycles. The maximum atomic E-state index is 11.2. The van der Waals surface area contributed by atoms with Gasteiger partial charge >= 0.3 is 0 Å². The fourth-order valence-electron chi connectivity index (χ4n) is 5.37. The number of nitrogens with one attached hydrogen (secondary N) is 2. The number of aromatic nitrogens is 4. The second kappa shape index (κ2) is 8.32. The van der Waals surface area contributed by atoms with Gasteiger partial charge < -0.3 is 15.2 Å². The zero-order valence-electron chi connectivity index (χ0n) is 18.8. The van der Waals surface area contributed by atoms with E-state index in [1.165, 1.54) is 10.4 Å². The lowest BCUT2D eigenvalue weighted by atomic mass is 9.86. The number of aromatic amines is 1. The van der Waals surface area contributed by atoms with Gasteiger partial charge in [-0.2, -0.15) is 5.10 Å². The van der Waals surface area contributed by atoms with Gasteiger partial charge in [-0.15, -0.1) is 11.3 Å². The van der Waals surface area contributed by atoms with Gasteiger partial charge in [0.2, 0.25) is 0 Å². The number of H-pyrrole nitrogens is 1. The SMILES string of the molecule is C[C@@H]1CN(C(O)[C@H]2CCc3c(sc4ncnc(Nc5ccc6[nH]ncc6c5)c34)C2)C[C@H](C)O1. The van der Waals surface area contributed by atoms with Crippen molar-refractivity contribution in [3.8, 4) is 0 Å². The molecule has 8 nitrogen and oxygen atoms in total. The Balaban J connectivity index is 1.27. The molecule has 1 aromatic carbocycles. The quantitative estimate of drug-likeness (QED) is 0.422. The molecule has 1 fully saturated rings. The molecule has 4 aromatic rings. The number of aliphatic hydroxyl groups excluding tert-OH is 1. The van der Waals surface area contributed by atoms with Gasteiger partial charge in [0.15, 0.2) is 0 Å². The van der Waals surface area contributed by atoms with Crippen LogP contribution in [-0.4, -0.2) is 61.7 Å². The molecule has 1 aliphatic carbocycles. The zero-order valence-corrected chi connectivity index (χ0v) is 19.6. The van der Waals surface area contributed by atoms with Crippen molar-refractivity contribution in [3.05, 3.63) is 41.2 Å². The number of aliphatic hydroxyl groups is 1. The van der Waals surface area contributed by atoms with E-state index >= 15 is 0 Å². The first kappa shape index (κ1) is 21.0. The molecule has 33 heavy (non-hydrogen) atoms. The number of ether oxygens (including phenoxy) is 1. The summed E-state index contributed by atoms with van der Waals surface area (Å²) >= 11 is 1.74. The number of morpholine rings is 1. The van der Waals surface area contributed by atoms with Gasteiger partial charge in [-0.05, 0) is 56.9 Å². The molecule has 2 aliphatic rings. The summed E-state index contributed by atoms with van der Waals surface area (Å²) in [5.74, 6) is 1.06. The highest BCUT2D eigenvalue weighted by molar-refractivity contribution is 7.19. The van der Waals surface area contributed by atoms with Crippen molar-refractivity contribution in [2.75, 3.05) is 18.4 Å². The van der Waals surface area contributed by atoms with E-state index in [1.54, 1.807) is 17.7 Å². The highest BCUT2D eigenvalue weighted by Crippen LogP contribution is 2.41. The predicted molar refractivity (Wildman–Crippen MR) is 130 cm³/mol. The average molecular weight is 465 g/mol. The van der Waals surface area contributed by atoms with Gasteiger partial charge in [0, 0.05) is 35.0 Å². The van der Waals surface area contributed by atoms with Crippen LogP contribution in [0.5, 0.6) is 0 Å². The summed E-state index contributed by atoms with van der Waals surface area (Å²) in [6.07, 6.45) is 6.06. The Morgan fingerprint density at radius 2 is 2.09 bits per heavy atom. The van der Waals surface area contributed by atoms with Gasteiger partial charge in [0.05, 0.1) is 29.3 Å². The zero-order chi connectivity index (χ0) is 22.5. The molecular weight excluding hydrogens is 436 g/mol. The summed E-state index contributed by atoms with van der Waals surface area (Å²) in [5, 5.41) is 23.9. The Morgan fingerprint density at radius 1 is 1.24 bits per heavy atom. The molecule has 9 heteroatoms. The summed E-state index contributed by atoms with van der Waals surface area (Å²) in [5.41, 5.74) is 3.31. The van der Waals surface area contributed by atoms with E-state index in [2.05, 4.69) is 50.3 Å². The van der Waals surface area contributed by atoms with E-state index in [0.717, 1.165) is 65.0 Å². The topological polar surface area (TPSA) is 99.2 Å². The molecule has 1 unspecified atom stereocenters. The van der Waals surface area contributed by atoms with Crippen LogP contribution in [0, 0.1) is 5.92 Å². The van der Waals surface area contributed by atoms with Crippen molar-refractivity contribution in [2.24, 2.45) is 5.92 Å². The third-order valence-electron chi connectivity index (χ3n) is 6.83. The summed E-state index contributed by atoms with van der Waals surface area (Å²) in [6.45, 7) is 5.72. The van der Waals surface area contributed by atoms with E-state index in [9.17, 15) is 5.11 Å². The van der Waals surface area contributed by atoms with Gasteiger partial charge in [-0.1, -0.05) is 0 Å².